The zero-order valence-corrected chi connectivity index (χ0v) is 12.9. The number of ether oxygens (including phenoxy) is 2. The molecule has 1 saturated heterocycles. The van der Waals surface area contributed by atoms with E-state index < -0.39 is 30.8 Å². The third-order valence-electron chi connectivity index (χ3n) is 4.26. The van der Waals surface area contributed by atoms with Gasteiger partial charge in [-0.15, -0.1) is 0 Å². The second-order valence-electron chi connectivity index (χ2n) is 6.04. The molecule has 2 N–H and O–H groups in total. The topological polar surface area (TPSA) is 76.0 Å². The Bertz CT molecular complexity index is 656. The second-order valence-corrected chi connectivity index (χ2v) is 6.04. The molecule has 1 aliphatic heterocycles. The third-order valence-corrected chi connectivity index (χ3v) is 4.26. The molecule has 5 atom stereocenters. The van der Waals surface area contributed by atoms with Gasteiger partial charge in [-0.05, 0) is 48.8 Å². The van der Waals surface area contributed by atoms with Crippen LogP contribution in [0.3, 0.4) is 0 Å². The zero-order valence-electron chi connectivity index (χ0n) is 12.9. The molecule has 0 amide bonds. The van der Waals surface area contributed by atoms with Crippen molar-refractivity contribution < 1.29 is 28.9 Å². The molecule has 2 aliphatic rings. The van der Waals surface area contributed by atoms with Gasteiger partial charge in [-0.2, -0.15) is 0 Å². The average Bonchev–Trinajstić information content (AvgIpc) is 2.50. The lowest BCUT2D eigenvalue weighted by atomic mass is 9.91. The highest BCUT2D eigenvalue weighted by Crippen LogP contribution is 2.31. The summed E-state index contributed by atoms with van der Waals surface area (Å²) in [6.45, 7) is 3.40. The van der Waals surface area contributed by atoms with Crippen LogP contribution >= 0.6 is 0 Å². The summed E-state index contributed by atoms with van der Waals surface area (Å²) < 4.78 is 24.9. The van der Waals surface area contributed by atoms with Crippen molar-refractivity contribution in [1.29, 1.82) is 0 Å². The van der Waals surface area contributed by atoms with Gasteiger partial charge in [0.1, 0.15) is 18.0 Å². The number of aliphatic hydroxyl groups excluding tert-OH is 2. The molecule has 124 valence electrons. The predicted molar refractivity (Wildman–Crippen MR) is 80.7 cm³/mol. The standard InChI is InChI=1S/C17H19FO5/c1-8-5-11(19)6-10-7-12(3-4-13(8)10)23-17-14(18)16(21)15(20)9(2)22-17/h3-5,7,9,14-17,20-21H,6H2,1-2H3/t9-,14-,15+,16-,17-/m0/s1. The summed E-state index contributed by atoms with van der Waals surface area (Å²) in [4.78, 5) is 11.6. The minimum absolute atomic E-state index is 0.0107. The van der Waals surface area contributed by atoms with E-state index in [2.05, 4.69) is 0 Å². The van der Waals surface area contributed by atoms with E-state index in [0.717, 1.165) is 16.7 Å². The SMILES string of the molecule is CC1=CC(=O)Cc2cc(O[C@@H]3O[C@@H](C)[C@@H](O)[C@@H](O)[C@@H]3F)ccc21. The van der Waals surface area contributed by atoms with Crippen LogP contribution in [0.2, 0.25) is 0 Å². The molecule has 0 radical (unpaired) electrons. The largest absolute Gasteiger partial charge is 0.462 e. The number of ketones is 1. The molecule has 0 aromatic heterocycles. The van der Waals surface area contributed by atoms with Crippen LogP contribution in [0.5, 0.6) is 5.75 Å². The number of aliphatic hydroxyl groups is 2. The van der Waals surface area contributed by atoms with E-state index in [1.807, 2.05) is 13.0 Å². The first-order valence-corrected chi connectivity index (χ1v) is 7.53. The molecule has 0 spiro atoms. The van der Waals surface area contributed by atoms with Crippen molar-refractivity contribution in [3.63, 3.8) is 0 Å². The summed E-state index contributed by atoms with van der Waals surface area (Å²) in [5.74, 6) is 0.367. The summed E-state index contributed by atoms with van der Waals surface area (Å²) >= 11 is 0. The molecule has 0 unspecified atom stereocenters. The van der Waals surface area contributed by atoms with Crippen molar-refractivity contribution in [2.45, 2.75) is 51.0 Å². The van der Waals surface area contributed by atoms with Crippen molar-refractivity contribution in [2.75, 3.05) is 0 Å². The van der Waals surface area contributed by atoms with Gasteiger partial charge in [0.15, 0.2) is 12.0 Å². The van der Waals surface area contributed by atoms with E-state index in [-0.39, 0.29) is 12.2 Å². The number of alkyl halides is 1. The van der Waals surface area contributed by atoms with Crippen molar-refractivity contribution in [3.05, 3.63) is 35.4 Å². The minimum atomic E-state index is -1.86. The van der Waals surface area contributed by atoms with Crippen LogP contribution in [-0.2, 0) is 16.0 Å². The molecule has 0 bridgehead atoms. The zero-order chi connectivity index (χ0) is 16.7. The van der Waals surface area contributed by atoms with E-state index >= 15 is 0 Å². The first kappa shape index (κ1) is 16.1. The lowest BCUT2D eigenvalue weighted by molar-refractivity contribution is -0.251. The number of hydrogen-bond acceptors (Lipinski definition) is 5. The van der Waals surface area contributed by atoms with Crippen LogP contribution in [0.15, 0.2) is 24.3 Å². The molecule has 23 heavy (non-hydrogen) atoms. The highest BCUT2D eigenvalue weighted by molar-refractivity contribution is 6.01. The lowest BCUT2D eigenvalue weighted by Gasteiger charge is -2.37. The van der Waals surface area contributed by atoms with Crippen LogP contribution in [-0.4, -0.2) is 46.8 Å². The van der Waals surface area contributed by atoms with Crippen molar-refractivity contribution in [1.82, 2.24) is 0 Å². The van der Waals surface area contributed by atoms with Gasteiger partial charge in [0.05, 0.1) is 6.10 Å². The number of carbonyl (C=O) groups is 1. The number of fused-ring (bicyclic) bond motifs is 1. The summed E-state index contributed by atoms with van der Waals surface area (Å²) in [6, 6.07) is 5.17. The highest BCUT2D eigenvalue weighted by Gasteiger charge is 2.44. The van der Waals surface area contributed by atoms with Gasteiger partial charge in [-0.3, -0.25) is 4.79 Å². The number of rotatable bonds is 2. The van der Waals surface area contributed by atoms with Crippen LogP contribution in [0.4, 0.5) is 4.39 Å². The fourth-order valence-corrected chi connectivity index (χ4v) is 2.95. The molecule has 0 saturated carbocycles. The molecule has 1 fully saturated rings. The summed E-state index contributed by atoms with van der Waals surface area (Å²) in [6.07, 6.45) is -4.90. The van der Waals surface area contributed by atoms with Crippen LogP contribution < -0.4 is 4.74 Å². The Labute approximate surface area is 133 Å². The molecule has 1 aromatic rings. The smallest absolute Gasteiger partial charge is 0.234 e. The molecular weight excluding hydrogens is 303 g/mol. The first-order valence-electron chi connectivity index (χ1n) is 7.53. The minimum Gasteiger partial charge on any atom is -0.462 e. The Morgan fingerprint density at radius 3 is 2.78 bits per heavy atom. The van der Waals surface area contributed by atoms with Crippen LogP contribution in [0.25, 0.3) is 5.57 Å². The van der Waals surface area contributed by atoms with Crippen LogP contribution in [0, 0.1) is 0 Å². The second kappa shape index (κ2) is 6.03. The van der Waals surface area contributed by atoms with E-state index in [9.17, 15) is 19.4 Å². The van der Waals surface area contributed by atoms with Gasteiger partial charge in [-0.25, -0.2) is 4.39 Å². The van der Waals surface area contributed by atoms with Crippen molar-refractivity contribution in [2.24, 2.45) is 0 Å². The fraction of sp³-hybridized carbons (Fsp3) is 0.471. The molecule has 5 nitrogen and oxygen atoms in total. The highest BCUT2D eigenvalue weighted by atomic mass is 19.1. The average molecular weight is 322 g/mol. The Morgan fingerprint density at radius 1 is 1.30 bits per heavy atom. The van der Waals surface area contributed by atoms with Crippen molar-refractivity contribution >= 4 is 11.4 Å². The van der Waals surface area contributed by atoms with Gasteiger partial charge in [0.2, 0.25) is 6.29 Å². The fourth-order valence-electron chi connectivity index (χ4n) is 2.95. The Morgan fingerprint density at radius 2 is 2.04 bits per heavy atom. The van der Waals surface area contributed by atoms with Gasteiger partial charge in [0.25, 0.3) is 0 Å². The van der Waals surface area contributed by atoms with Crippen molar-refractivity contribution in [3.8, 4) is 5.75 Å². The summed E-state index contributed by atoms with van der Waals surface area (Å²) in [5, 5.41) is 19.3. The first-order chi connectivity index (χ1) is 10.9. The molecule has 1 heterocycles. The number of halogens is 1. The van der Waals surface area contributed by atoms with E-state index in [1.165, 1.54) is 6.92 Å². The molecule has 6 heteroatoms. The molecule has 1 aromatic carbocycles. The quantitative estimate of drug-likeness (QED) is 0.861. The third kappa shape index (κ3) is 3.02. The molecule has 1 aliphatic carbocycles. The van der Waals surface area contributed by atoms with E-state index in [4.69, 9.17) is 9.47 Å². The van der Waals surface area contributed by atoms with E-state index in [0.29, 0.717) is 5.75 Å². The maximum absolute atomic E-state index is 14.1. The maximum atomic E-state index is 14.1. The van der Waals surface area contributed by atoms with Gasteiger partial charge in [0, 0.05) is 6.42 Å². The molecule has 3 rings (SSSR count). The Hall–Kier alpha value is -1.76. The number of carbonyl (C=O) groups excluding carboxylic acids is 1. The Balaban J connectivity index is 1.80. The number of hydrogen-bond donors (Lipinski definition) is 2. The van der Waals surface area contributed by atoms with Gasteiger partial charge >= 0.3 is 0 Å². The summed E-state index contributed by atoms with van der Waals surface area (Å²) in [5.41, 5.74) is 2.65. The monoisotopic (exact) mass is 322 g/mol. The normalized spacial score (nSPS) is 33.9. The molecular formula is C17H19FO5. The predicted octanol–water partition coefficient (Wildman–Crippen LogP) is 1.40. The lowest BCUT2D eigenvalue weighted by Crippen LogP contribution is -2.56. The van der Waals surface area contributed by atoms with E-state index in [1.54, 1.807) is 18.2 Å². The number of allylic oxidation sites excluding steroid dienone is 2. The number of benzene rings is 1. The van der Waals surface area contributed by atoms with Crippen LogP contribution in [0.1, 0.15) is 25.0 Å². The maximum Gasteiger partial charge on any atom is 0.234 e. The van der Waals surface area contributed by atoms with Gasteiger partial charge < -0.3 is 19.7 Å². The Kier molecular flexibility index (Phi) is 4.23. The summed E-state index contributed by atoms with van der Waals surface area (Å²) in [7, 11) is 0. The van der Waals surface area contributed by atoms with Gasteiger partial charge in [-0.1, -0.05) is 6.07 Å².